The van der Waals surface area contributed by atoms with Crippen LogP contribution in [0.5, 0.6) is 0 Å². The van der Waals surface area contributed by atoms with Crippen LogP contribution >= 0.6 is 15.9 Å². The molecule has 0 unspecified atom stereocenters. The lowest BCUT2D eigenvalue weighted by Gasteiger charge is -2.32. The Morgan fingerprint density at radius 3 is 1.32 bits per heavy atom. The summed E-state index contributed by atoms with van der Waals surface area (Å²) in [6, 6.07) is 17.3. The number of benzene rings is 3. The highest BCUT2D eigenvalue weighted by Crippen LogP contribution is 2.41. The van der Waals surface area contributed by atoms with E-state index in [1.807, 2.05) is 18.2 Å². The van der Waals surface area contributed by atoms with E-state index in [0.29, 0.717) is 66.8 Å². The van der Waals surface area contributed by atoms with E-state index < -0.39 is 64.4 Å². The lowest BCUT2D eigenvalue weighted by molar-refractivity contribution is -0.144. The molecule has 6 aromatic rings. The van der Waals surface area contributed by atoms with Gasteiger partial charge in [0, 0.05) is 36.4 Å². The molecule has 0 saturated carbocycles. The van der Waals surface area contributed by atoms with Gasteiger partial charge in [0.05, 0.1) is 63.1 Å². The van der Waals surface area contributed by atoms with Gasteiger partial charge in [0.15, 0.2) is 28.7 Å². The van der Waals surface area contributed by atoms with E-state index in [1.54, 1.807) is 4.90 Å². The van der Waals surface area contributed by atoms with E-state index >= 15 is 0 Å². The van der Waals surface area contributed by atoms with Crippen molar-refractivity contribution in [1.82, 2.24) is 15.0 Å². The van der Waals surface area contributed by atoms with Gasteiger partial charge in [-0.1, -0.05) is 0 Å². The first-order valence-electron chi connectivity index (χ1n) is 21.4. The minimum absolute atomic E-state index is 0.0463. The third-order valence-corrected chi connectivity index (χ3v) is 11.5. The third-order valence-electron chi connectivity index (χ3n) is 11.0. The highest BCUT2D eigenvalue weighted by atomic mass is 79.9. The number of anilines is 5. The van der Waals surface area contributed by atoms with E-state index in [4.69, 9.17) is 10.5 Å². The Kier molecular flexibility index (Phi) is 17.0. The predicted octanol–water partition coefficient (Wildman–Crippen LogP) is 13.5. The zero-order chi connectivity index (χ0) is 54.3. The molecule has 0 saturated heterocycles. The number of alkyl halides is 9. The molecule has 382 valence electrons. The van der Waals surface area contributed by atoms with Crippen LogP contribution in [0.4, 0.5) is 89.9 Å². The van der Waals surface area contributed by atoms with Crippen molar-refractivity contribution in [3.8, 4) is 24.3 Å². The molecule has 0 spiro atoms. The minimum Gasteiger partial charge on any atom is -0.384 e. The highest BCUT2D eigenvalue weighted by Gasteiger charge is 2.38. The number of nitriles is 4. The lowest BCUT2D eigenvalue weighted by atomic mass is 9.97. The van der Waals surface area contributed by atoms with Crippen molar-refractivity contribution >= 4 is 44.4 Å². The molecule has 10 nitrogen and oxygen atoms in total. The Morgan fingerprint density at radius 2 is 0.878 bits per heavy atom. The summed E-state index contributed by atoms with van der Waals surface area (Å²) in [6.45, 7) is 1.65. The first kappa shape index (κ1) is 55.3. The van der Waals surface area contributed by atoms with Crippen molar-refractivity contribution in [3.63, 3.8) is 0 Å². The fourth-order valence-corrected chi connectivity index (χ4v) is 8.37. The summed E-state index contributed by atoms with van der Waals surface area (Å²) in [6.07, 6.45) is -7.38. The quantitative estimate of drug-likeness (QED) is 0.166. The molecule has 25 heteroatoms. The Hall–Kier alpha value is -8.03. The molecule has 0 bridgehead atoms. The summed E-state index contributed by atoms with van der Waals surface area (Å²) >= 11 is 2.79. The van der Waals surface area contributed by atoms with Gasteiger partial charge in [-0.15, -0.1) is 0 Å². The zero-order valence-electron chi connectivity index (χ0n) is 37.5. The summed E-state index contributed by atoms with van der Waals surface area (Å²) in [5, 5.41) is 39.4. The van der Waals surface area contributed by atoms with E-state index in [1.165, 1.54) is 35.2 Å². The van der Waals surface area contributed by atoms with Crippen molar-refractivity contribution in [3.05, 3.63) is 163 Å². The normalized spacial score (nSPS) is 13.7. The van der Waals surface area contributed by atoms with Crippen molar-refractivity contribution in [2.75, 3.05) is 34.8 Å². The standard InChI is InChI=1S/C17H10F4N4.C16H10F5N3.C10H9FN2.C6H2BrF4N/c18-13-4-10-2-1-3-25(15(10)11(5-13)7-22)14-6-12(8-23)16(24-9-14)17(19,20)21;17-11-4-9-2-1-3-24(14(9)10(5-11)7-22)12-6-13(18)15(23-8-12)16(19,20)21;11-9-4-7-2-1-3-13-10(7)8(5-9)6-12;7-3-1-4(8)5(12-2-3)6(9,10)11/h4-6,9H,1-3H2;4-6,8H,1-3H2;4-5,13H,1-3H2;1-2H. The topological polar surface area (TPSA) is 152 Å². The third kappa shape index (κ3) is 12.9. The summed E-state index contributed by atoms with van der Waals surface area (Å²) in [5.74, 6) is -4.30. The van der Waals surface area contributed by atoms with Crippen molar-refractivity contribution in [2.45, 2.75) is 57.1 Å². The van der Waals surface area contributed by atoms with Crippen molar-refractivity contribution in [1.29, 1.82) is 21.0 Å². The molecule has 3 aliphatic heterocycles. The average molecular weight is 1110 g/mol. The van der Waals surface area contributed by atoms with Crippen molar-refractivity contribution < 1.29 is 61.5 Å². The number of pyridine rings is 3. The molecular weight excluding hydrogens is 1070 g/mol. The molecule has 0 atom stereocenters. The van der Waals surface area contributed by atoms with Crippen molar-refractivity contribution in [2.24, 2.45) is 0 Å². The molecular formula is C49H31BrF14N10. The molecule has 0 radical (unpaired) electrons. The fraction of sp³-hybridized carbons (Fsp3) is 0.245. The molecule has 74 heavy (non-hydrogen) atoms. The smallest absolute Gasteiger partial charge is 0.384 e. The Labute approximate surface area is 419 Å². The second-order valence-corrected chi connectivity index (χ2v) is 16.9. The fourth-order valence-electron chi connectivity index (χ4n) is 8.07. The van der Waals surface area contributed by atoms with Crippen LogP contribution in [0.15, 0.2) is 77.7 Å². The van der Waals surface area contributed by atoms with Crippen LogP contribution in [-0.2, 0) is 37.8 Å². The molecule has 0 amide bonds. The lowest BCUT2D eigenvalue weighted by Crippen LogP contribution is -2.26. The molecule has 6 heterocycles. The van der Waals surface area contributed by atoms with Gasteiger partial charge in [-0.3, -0.25) is 0 Å². The molecule has 3 aromatic carbocycles. The number of fused-ring (bicyclic) bond motifs is 3. The maximum atomic E-state index is 13.8. The number of aromatic nitrogens is 3. The molecule has 0 fully saturated rings. The van der Waals surface area contributed by atoms with E-state index in [0.717, 1.165) is 79.6 Å². The van der Waals surface area contributed by atoms with Gasteiger partial charge in [0.25, 0.3) is 0 Å². The van der Waals surface area contributed by atoms with Gasteiger partial charge >= 0.3 is 18.5 Å². The first-order valence-corrected chi connectivity index (χ1v) is 22.2. The molecule has 0 aliphatic carbocycles. The number of halogens is 15. The number of hydrogen-bond acceptors (Lipinski definition) is 10. The van der Waals surface area contributed by atoms with Crippen LogP contribution in [0.1, 0.15) is 75.3 Å². The van der Waals surface area contributed by atoms with Gasteiger partial charge < -0.3 is 15.1 Å². The number of rotatable bonds is 2. The van der Waals surface area contributed by atoms with Crippen LogP contribution in [0, 0.1) is 74.4 Å². The monoisotopic (exact) mass is 1100 g/mol. The predicted molar refractivity (Wildman–Crippen MR) is 241 cm³/mol. The van der Waals surface area contributed by atoms with Gasteiger partial charge in [-0.2, -0.15) is 60.6 Å². The Balaban J connectivity index is 0.000000169. The summed E-state index contributed by atoms with van der Waals surface area (Å²) in [5.41, 5.74) is -0.336. The highest BCUT2D eigenvalue weighted by molar-refractivity contribution is 9.10. The van der Waals surface area contributed by atoms with Crippen LogP contribution in [0.2, 0.25) is 0 Å². The second kappa shape index (κ2) is 22.8. The summed E-state index contributed by atoms with van der Waals surface area (Å²) in [7, 11) is 0. The molecule has 3 aromatic heterocycles. The van der Waals surface area contributed by atoms with Crippen LogP contribution in [-0.4, -0.2) is 34.6 Å². The number of nitrogens with one attached hydrogen (secondary N) is 1. The number of nitrogens with zero attached hydrogens (tertiary/aromatic N) is 9. The first-order chi connectivity index (χ1) is 34.9. The van der Waals surface area contributed by atoms with Gasteiger partial charge in [0.1, 0.15) is 41.7 Å². The molecule has 1 N–H and O–H groups in total. The van der Waals surface area contributed by atoms with Crippen LogP contribution in [0.3, 0.4) is 0 Å². The molecule has 3 aliphatic rings. The van der Waals surface area contributed by atoms with Crippen LogP contribution < -0.4 is 15.1 Å². The van der Waals surface area contributed by atoms with E-state index in [2.05, 4.69) is 36.2 Å². The largest absolute Gasteiger partial charge is 0.436 e. The van der Waals surface area contributed by atoms with Gasteiger partial charge in [-0.25, -0.2) is 36.9 Å². The van der Waals surface area contributed by atoms with Gasteiger partial charge in [-0.05, 0) is 120 Å². The number of aryl methyl sites for hydroxylation is 3. The maximum absolute atomic E-state index is 13.8. The molecule has 9 rings (SSSR count). The van der Waals surface area contributed by atoms with Gasteiger partial charge in [0.2, 0.25) is 0 Å². The minimum atomic E-state index is -4.89. The zero-order valence-corrected chi connectivity index (χ0v) is 39.1. The SMILES string of the molecule is Fc1cc(Br)cnc1C(F)(F)F.N#Cc1cc(F)cc2c1N(c1cnc(C(F)(F)F)c(F)c1)CCC2.N#Cc1cc(F)cc2c1NCCC2.N#Cc1cc(N2CCCc3cc(F)cc(C#N)c32)cnc1C(F)(F)F. The van der Waals surface area contributed by atoms with E-state index in [-0.39, 0.29) is 32.8 Å². The number of hydrogen-bond donors (Lipinski definition) is 1. The second-order valence-electron chi connectivity index (χ2n) is 16.0. The van der Waals surface area contributed by atoms with E-state index in [9.17, 15) is 72.0 Å². The average Bonchev–Trinajstić information content (AvgIpc) is 3.34. The Bertz CT molecular complexity index is 3260. The Morgan fingerprint density at radius 1 is 0.473 bits per heavy atom. The van der Waals surface area contributed by atoms with Crippen LogP contribution in [0.25, 0.3) is 0 Å². The maximum Gasteiger partial charge on any atom is 0.436 e. The summed E-state index contributed by atoms with van der Waals surface area (Å²) in [4.78, 5) is 12.6. The summed E-state index contributed by atoms with van der Waals surface area (Å²) < 4.78 is 179.